The minimum Gasteiger partial charge on any atom is -0.354 e. The quantitative estimate of drug-likeness (QED) is 0.630. The second-order valence-corrected chi connectivity index (χ2v) is 8.11. The highest BCUT2D eigenvalue weighted by atomic mass is 15.1. The van der Waals surface area contributed by atoms with Crippen LogP contribution in [-0.4, -0.2) is 51.5 Å². The number of benzene rings is 1. The number of rotatable bonds is 6. The molecule has 0 radical (unpaired) electrons. The smallest absolute Gasteiger partial charge is 0.222 e. The molecule has 0 aliphatic carbocycles. The standard InChI is InChI=1S/C22H30N6/c1-15-6-7-19-20(13-15)27-21(26-19)18-14-24-22(25-16(18)2)23-10-4-5-17-8-11-28(3)12-9-17/h6-7,13-14,17H,4-5,8-12H2,1-3H3,(H,26,27)(H,23,24,25). The second kappa shape index (κ2) is 8.27. The molecule has 2 N–H and O–H groups in total. The van der Waals surface area contributed by atoms with Crippen molar-refractivity contribution in [3.05, 3.63) is 35.7 Å². The highest BCUT2D eigenvalue weighted by Gasteiger charge is 2.16. The minimum atomic E-state index is 0.705. The van der Waals surface area contributed by atoms with Gasteiger partial charge in [0.15, 0.2) is 0 Å². The van der Waals surface area contributed by atoms with Crippen LogP contribution in [0.25, 0.3) is 22.4 Å². The molecule has 0 bridgehead atoms. The van der Waals surface area contributed by atoms with Crippen LogP contribution in [-0.2, 0) is 0 Å². The number of aromatic nitrogens is 4. The molecule has 0 amide bonds. The Morgan fingerprint density at radius 1 is 1.18 bits per heavy atom. The van der Waals surface area contributed by atoms with E-state index in [0.29, 0.717) is 5.95 Å². The number of anilines is 1. The molecule has 2 aromatic heterocycles. The monoisotopic (exact) mass is 378 g/mol. The van der Waals surface area contributed by atoms with Crippen LogP contribution >= 0.6 is 0 Å². The first-order valence-corrected chi connectivity index (χ1v) is 10.3. The SMILES string of the molecule is Cc1ccc2nc(-c3cnc(NCCCC4CCN(C)CC4)nc3C)[nH]c2c1. The number of likely N-dealkylation sites (tertiary alicyclic amines) is 1. The van der Waals surface area contributed by atoms with Crippen molar-refractivity contribution in [1.82, 2.24) is 24.8 Å². The van der Waals surface area contributed by atoms with Crippen LogP contribution in [0.1, 0.15) is 36.9 Å². The fraction of sp³-hybridized carbons (Fsp3) is 0.500. The van der Waals surface area contributed by atoms with Gasteiger partial charge in [-0.3, -0.25) is 0 Å². The van der Waals surface area contributed by atoms with Gasteiger partial charge in [-0.05, 0) is 83.3 Å². The molecule has 1 fully saturated rings. The Kier molecular flexibility index (Phi) is 5.57. The van der Waals surface area contributed by atoms with E-state index in [1.165, 1.54) is 44.3 Å². The molecule has 28 heavy (non-hydrogen) atoms. The summed E-state index contributed by atoms with van der Waals surface area (Å²) in [5, 5.41) is 3.38. The fourth-order valence-corrected chi connectivity index (χ4v) is 3.98. The van der Waals surface area contributed by atoms with Gasteiger partial charge in [-0.15, -0.1) is 0 Å². The Balaban J connectivity index is 1.34. The first kappa shape index (κ1) is 18.9. The predicted molar refractivity (Wildman–Crippen MR) is 115 cm³/mol. The maximum absolute atomic E-state index is 4.69. The van der Waals surface area contributed by atoms with Gasteiger partial charge in [0, 0.05) is 12.7 Å². The summed E-state index contributed by atoms with van der Waals surface area (Å²) in [7, 11) is 2.22. The van der Waals surface area contributed by atoms with E-state index >= 15 is 0 Å². The highest BCUT2D eigenvalue weighted by molar-refractivity contribution is 5.80. The van der Waals surface area contributed by atoms with Crippen molar-refractivity contribution in [2.75, 3.05) is 32.0 Å². The number of aryl methyl sites for hydroxylation is 2. The van der Waals surface area contributed by atoms with E-state index in [9.17, 15) is 0 Å². The summed E-state index contributed by atoms with van der Waals surface area (Å²) in [6.45, 7) is 7.50. The predicted octanol–water partition coefficient (Wildman–Crippen LogP) is 4.17. The maximum Gasteiger partial charge on any atom is 0.222 e. The van der Waals surface area contributed by atoms with Crippen molar-refractivity contribution in [1.29, 1.82) is 0 Å². The zero-order chi connectivity index (χ0) is 19.5. The third-order valence-corrected chi connectivity index (χ3v) is 5.78. The van der Waals surface area contributed by atoms with Crippen LogP contribution in [0.4, 0.5) is 5.95 Å². The molecule has 4 rings (SSSR count). The molecule has 3 aromatic rings. The van der Waals surface area contributed by atoms with Gasteiger partial charge < -0.3 is 15.2 Å². The van der Waals surface area contributed by atoms with Crippen molar-refractivity contribution in [2.45, 2.75) is 39.5 Å². The van der Waals surface area contributed by atoms with Gasteiger partial charge in [0.1, 0.15) is 5.82 Å². The molecule has 0 saturated carbocycles. The van der Waals surface area contributed by atoms with Gasteiger partial charge >= 0.3 is 0 Å². The van der Waals surface area contributed by atoms with E-state index in [1.807, 2.05) is 19.2 Å². The Labute approximate surface area is 166 Å². The third-order valence-electron chi connectivity index (χ3n) is 5.78. The fourth-order valence-electron chi connectivity index (χ4n) is 3.98. The molecule has 1 aliphatic rings. The summed E-state index contributed by atoms with van der Waals surface area (Å²) < 4.78 is 0. The zero-order valence-corrected chi connectivity index (χ0v) is 17.1. The number of nitrogens with zero attached hydrogens (tertiary/aromatic N) is 4. The maximum atomic E-state index is 4.69. The number of hydrogen-bond acceptors (Lipinski definition) is 5. The summed E-state index contributed by atoms with van der Waals surface area (Å²) >= 11 is 0. The lowest BCUT2D eigenvalue weighted by atomic mass is 9.92. The summed E-state index contributed by atoms with van der Waals surface area (Å²) in [6, 6.07) is 6.23. The topological polar surface area (TPSA) is 69.7 Å². The van der Waals surface area contributed by atoms with Crippen molar-refractivity contribution >= 4 is 17.0 Å². The average molecular weight is 379 g/mol. The third kappa shape index (κ3) is 4.33. The first-order chi connectivity index (χ1) is 13.6. The van der Waals surface area contributed by atoms with Crippen LogP contribution in [0.3, 0.4) is 0 Å². The lowest BCUT2D eigenvalue weighted by Crippen LogP contribution is -2.30. The van der Waals surface area contributed by atoms with Crippen molar-refractivity contribution < 1.29 is 0 Å². The molecule has 0 unspecified atom stereocenters. The van der Waals surface area contributed by atoms with E-state index in [2.05, 4.69) is 56.3 Å². The Morgan fingerprint density at radius 2 is 2.00 bits per heavy atom. The first-order valence-electron chi connectivity index (χ1n) is 10.3. The molecule has 148 valence electrons. The molecular weight excluding hydrogens is 348 g/mol. The summed E-state index contributed by atoms with van der Waals surface area (Å²) in [4.78, 5) is 19.7. The lowest BCUT2D eigenvalue weighted by molar-refractivity contribution is 0.211. The average Bonchev–Trinajstić information content (AvgIpc) is 3.09. The van der Waals surface area contributed by atoms with Crippen LogP contribution in [0.15, 0.2) is 24.4 Å². The van der Waals surface area contributed by atoms with E-state index in [0.717, 1.165) is 40.6 Å². The number of imidazole rings is 1. The van der Waals surface area contributed by atoms with Gasteiger partial charge in [0.2, 0.25) is 5.95 Å². The van der Waals surface area contributed by atoms with Crippen LogP contribution in [0.2, 0.25) is 0 Å². The number of hydrogen-bond donors (Lipinski definition) is 2. The van der Waals surface area contributed by atoms with Crippen molar-refractivity contribution in [3.63, 3.8) is 0 Å². The van der Waals surface area contributed by atoms with Crippen LogP contribution < -0.4 is 5.32 Å². The second-order valence-electron chi connectivity index (χ2n) is 8.11. The molecule has 1 aromatic carbocycles. The van der Waals surface area contributed by atoms with Crippen LogP contribution in [0, 0.1) is 19.8 Å². The number of nitrogens with one attached hydrogen (secondary N) is 2. The molecule has 6 nitrogen and oxygen atoms in total. The van der Waals surface area contributed by atoms with Gasteiger partial charge in [-0.2, -0.15) is 0 Å². The Hall–Kier alpha value is -2.47. The summed E-state index contributed by atoms with van der Waals surface area (Å²) in [5.74, 6) is 2.41. The largest absolute Gasteiger partial charge is 0.354 e. The van der Waals surface area contributed by atoms with Gasteiger partial charge in [0.05, 0.1) is 22.3 Å². The lowest BCUT2D eigenvalue weighted by Gasteiger charge is -2.28. The summed E-state index contributed by atoms with van der Waals surface area (Å²) in [5.41, 5.74) is 5.12. The van der Waals surface area contributed by atoms with Gasteiger partial charge in [0.25, 0.3) is 0 Å². The number of fused-ring (bicyclic) bond motifs is 1. The number of H-pyrrole nitrogens is 1. The molecule has 6 heteroatoms. The molecular formula is C22H30N6. The zero-order valence-electron chi connectivity index (χ0n) is 17.1. The van der Waals surface area contributed by atoms with E-state index in [1.54, 1.807) is 0 Å². The van der Waals surface area contributed by atoms with Crippen molar-refractivity contribution in [3.8, 4) is 11.4 Å². The molecule has 1 aliphatic heterocycles. The normalized spacial score (nSPS) is 16.0. The van der Waals surface area contributed by atoms with Crippen molar-refractivity contribution in [2.24, 2.45) is 5.92 Å². The highest BCUT2D eigenvalue weighted by Crippen LogP contribution is 2.24. The molecule has 1 saturated heterocycles. The Bertz CT molecular complexity index is 939. The van der Waals surface area contributed by atoms with Crippen LogP contribution in [0.5, 0.6) is 0 Å². The van der Waals surface area contributed by atoms with E-state index in [-0.39, 0.29) is 0 Å². The van der Waals surface area contributed by atoms with Gasteiger partial charge in [-0.1, -0.05) is 6.07 Å². The number of piperidine rings is 1. The molecule has 0 spiro atoms. The molecule has 3 heterocycles. The minimum absolute atomic E-state index is 0.705. The number of aromatic amines is 1. The van der Waals surface area contributed by atoms with E-state index < -0.39 is 0 Å². The molecule has 0 atom stereocenters. The summed E-state index contributed by atoms with van der Waals surface area (Å²) in [6.07, 6.45) is 6.99. The van der Waals surface area contributed by atoms with E-state index in [4.69, 9.17) is 0 Å². The Morgan fingerprint density at radius 3 is 2.79 bits per heavy atom. The van der Waals surface area contributed by atoms with Gasteiger partial charge in [-0.25, -0.2) is 15.0 Å².